The van der Waals surface area contributed by atoms with Crippen LogP contribution in [0.4, 0.5) is 0 Å². The van der Waals surface area contributed by atoms with Crippen molar-refractivity contribution in [2.75, 3.05) is 6.61 Å². The molecule has 0 amide bonds. The van der Waals surface area contributed by atoms with E-state index in [-0.39, 0.29) is 17.9 Å². The van der Waals surface area contributed by atoms with E-state index < -0.39 is 31.6 Å². The van der Waals surface area contributed by atoms with Crippen molar-refractivity contribution in [1.82, 2.24) is 4.40 Å². The van der Waals surface area contributed by atoms with Crippen molar-refractivity contribution in [3.8, 4) is 11.1 Å². The van der Waals surface area contributed by atoms with E-state index >= 15 is 0 Å². The second-order valence-electron chi connectivity index (χ2n) is 7.90. The minimum absolute atomic E-state index is 0.195. The SMILES string of the molecule is CCOC(=O)c1c(-c2ccccc2)c(C(O)P(=O)(OC(C)C)OC(C)C)n2ccccc12. The second-order valence-corrected chi connectivity index (χ2v) is 9.89. The van der Waals surface area contributed by atoms with Crippen LogP contribution in [0.1, 0.15) is 56.5 Å². The quantitative estimate of drug-likeness (QED) is 0.321. The number of carbonyl (C=O) groups excluding carboxylic acids is 1. The van der Waals surface area contributed by atoms with Gasteiger partial charge in [0.25, 0.3) is 0 Å². The van der Waals surface area contributed by atoms with Crippen LogP contribution in [0.5, 0.6) is 0 Å². The topological polar surface area (TPSA) is 86.5 Å². The third-order valence-electron chi connectivity index (χ3n) is 4.68. The summed E-state index contributed by atoms with van der Waals surface area (Å²) in [7, 11) is -4.05. The molecule has 0 saturated heterocycles. The number of aliphatic hydroxyl groups excluding tert-OH is 1. The van der Waals surface area contributed by atoms with Crippen molar-refractivity contribution in [2.45, 2.75) is 52.7 Å². The van der Waals surface area contributed by atoms with Crippen molar-refractivity contribution < 1.29 is 28.3 Å². The Hall–Kier alpha value is -2.44. The number of hydrogen-bond acceptors (Lipinski definition) is 6. The summed E-state index contributed by atoms with van der Waals surface area (Å²) in [6.07, 6.45) is 0.799. The lowest BCUT2D eigenvalue weighted by Gasteiger charge is -2.27. The maximum Gasteiger partial charge on any atom is 0.365 e. The Bertz CT molecular complexity index is 1110. The molecule has 1 aromatic carbocycles. The molecule has 8 heteroatoms. The maximum atomic E-state index is 13.8. The van der Waals surface area contributed by atoms with E-state index in [1.54, 1.807) is 63.4 Å². The maximum absolute atomic E-state index is 13.8. The number of carbonyl (C=O) groups is 1. The number of esters is 1. The summed E-state index contributed by atoms with van der Waals surface area (Å²) >= 11 is 0. The first-order valence-corrected chi connectivity index (χ1v) is 12.3. The van der Waals surface area contributed by atoms with E-state index in [9.17, 15) is 14.5 Å². The molecule has 7 nitrogen and oxygen atoms in total. The predicted molar refractivity (Wildman–Crippen MR) is 124 cm³/mol. The van der Waals surface area contributed by atoms with E-state index in [1.165, 1.54) is 0 Å². The first-order valence-electron chi connectivity index (χ1n) is 10.7. The molecule has 1 unspecified atom stereocenters. The minimum Gasteiger partial charge on any atom is -0.462 e. The van der Waals surface area contributed by atoms with Crippen LogP contribution in [-0.2, 0) is 18.3 Å². The molecule has 0 spiro atoms. The third-order valence-corrected chi connectivity index (χ3v) is 6.96. The van der Waals surface area contributed by atoms with E-state index in [2.05, 4.69) is 0 Å². The van der Waals surface area contributed by atoms with Crippen molar-refractivity contribution >= 4 is 19.1 Å². The molecule has 1 N–H and O–H groups in total. The molecule has 0 radical (unpaired) electrons. The fourth-order valence-corrected chi connectivity index (χ4v) is 5.68. The summed E-state index contributed by atoms with van der Waals surface area (Å²) in [5.41, 5.74) is 2.17. The zero-order valence-corrected chi connectivity index (χ0v) is 19.9. The van der Waals surface area contributed by atoms with Gasteiger partial charge < -0.3 is 23.3 Å². The Morgan fingerprint density at radius 2 is 1.59 bits per heavy atom. The first-order chi connectivity index (χ1) is 15.2. The Kier molecular flexibility index (Phi) is 7.57. The van der Waals surface area contributed by atoms with Crippen LogP contribution in [0.3, 0.4) is 0 Å². The Morgan fingerprint density at radius 1 is 1.00 bits per heavy atom. The largest absolute Gasteiger partial charge is 0.462 e. The zero-order chi connectivity index (χ0) is 23.5. The molecule has 0 aliphatic carbocycles. The molecule has 0 aliphatic heterocycles. The fourth-order valence-electron chi connectivity index (χ4n) is 3.67. The summed E-state index contributed by atoms with van der Waals surface area (Å²) in [6.45, 7) is 8.82. The van der Waals surface area contributed by atoms with Gasteiger partial charge in [-0.15, -0.1) is 0 Å². The van der Waals surface area contributed by atoms with Crippen molar-refractivity contribution in [2.24, 2.45) is 0 Å². The molecule has 0 fully saturated rings. The van der Waals surface area contributed by atoms with Gasteiger partial charge in [-0.3, -0.25) is 4.57 Å². The van der Waals surface area contributed by atoms with Gasteiger partial charge in [0, 0.05) is 11.8 Å². The molecule has 0 bridgehead atoms. The molecule has 3 aromatic rings. The number of ether oxygens (including phenoxy) is 1. The van der Waals surface area contributed by atoms with Crippen LogP contribution in [0.2, 0.25) is 0 Å². The highest BCUT2D eigenvalue weighted by molar-refractivity contribution is 7.54. The fraction of sp³-hybridized carbons (Fsp3) is 0.375. The Labute approximate surface area is 188 Å². The Morgan fingerprint density at radius 3 is 2.16 bits per heavy atom. The number of hydrogen-bond donors (Lipinski definition) is 1. The molecule has 2 heterocycles. The summed E-state index contributed by atoms with van der Waals surface area (Å²) in [6, 6.07) is 14.5. The number of aliphatic hydroxyl groups is 1. The average molecular weight is 459 g/mol. The monoisotopic (exact) mass is 459 g/mol. The minimum atomic E-state index is -4.05. The molecular weight excluding hydrogens is 429 g/mol. The molecule has 0 aliphatic rings. The second kappa shape index (κ2) is 10.0. The van der Waals surface area contributed by atoms with E-state index in [4.69, 9.17) is 13.8 Å². The van der Waals surface area contributed by atoms with Gasteiger partial charge in [0.1, 0.15) is 0 Å². The van der Waals surface area contributed by atoms with E-state index in [0.717, 1.165) is 0 Å². The van der Waals surface area contributed by atoms with Gasteiger partial charge in [-0.2, -0.15) is 0 Å². The van der Waals surface area contributed by atoms with Crippen molar-refractivity contribution in [3.63, 3.8) is 0 Å². The average Bonchev–Trinajstić information content (AvgIpc) is 3.08. The molecule has 1 atom stereocenters. The smallest absolute Gasteiger partial charge is 0.365 e. The first kappa shape index (κ1) is 24.2. The van der Waals surface area contributed by atoms with Crippen molar-refractivity contribution in [1.29, 1.82) is 0 Å². The number of nitrogens with zero attached hydrogens (tertiary/aromatic N) is 1. The van der Waals surface area contributed by atoms with Crippen LogP contribution in [0.25, 0.3) is 16.6 Å². The van der Waals surface area contributed by atoms with Gasteiger partial charge in [0.15, 0.2) is 5.85 Å². The lowest BCUT2D eigenvalue weighted by Crippen LogP contribution is -2.15. The Balaban J connectivity index is 2.37. The lowest BCUT2D eigenvalue weighted by atomic mass is 10.0. The summed E-state index contributed by atoms with van der Waals surface area (Å²) in [5.74, 6) is -2.17. The molecular formula is C24H30NO6P. The van der Waals surface area contributed by atoms with Crippen LogP contribution in [0, 0.1) is 0 Å². The standard InChI is InChI=1S/C24H30NO6P/c1-6-29-23(26)21-19-14-10-11-15-25(19)22(20(21)18-12-8-7-9-13-18)24(27)32(28,30-16(2)3)31-17(4)5/h7-17,24,27H,6H2,1-5H3. The van der Waals surface area contributed by atoms with E-state index in [1.807, 2.05) is 30.3 Å². The van der Waals surface area contributed by atoms with Gasteiger partial charge in [-0.05, 0) is 52.3 Å². The van der Waals surface area contributed by atoms with Gasteiger partial charge in [-0.25, -0.2) is 4.79 Å². The number of fused-ring (bicyclic) bond motifs is 1. The van der Waals surface area contributed by atoms with Crippen LogP contribution in [0.15, 0.2) is 54.7 Å². The highest BCUT2D eigenvalue weighted by Crippen LogP contribution is 2.62. The molecule has 3 rings (SSSR count). The van der Waals surface area contributed by atoms with Crippen LogP contribution >= 0.6 is 7.60 Å². The van der Waals surface area contributed by atoms with Gasteiger partial charge in [0.05, 0.1) is 35.6 Å². The van der Waals surface area contributed by atoms with Gasteiger partial charge >= 0.3 is 13.6 Å². The summed E-state index contributed by atoms with van der Waals surface area (Å²) < 4.78 is 32.2. The number of rotatable bonds is 9. The third kappa shape index (κ3) is 4.81. The molecule has 172 valence electrons. The molecule has 0 saturated carbocycles. The predicted octanol–water partition coefficient (Wildman–Crippen LogP) is 5.82. The molecule has 2 aromatic heterocycles. The van der Waals surface area contributed by atoms with Gasteiger partial charge in [-0.1, -0.05) is 36.4 Å². The van der Waals surface area contributed by atoms with Gasteiger partial charge in [0.2, 0.25) is 0 Å². The highest BCUT2D eigenvalue weighted by atomic mass is 31.2. The molecule has 32 heavy (non-hydrogen) atoms. The zero-order valence-electron chi connectivity index (χ0n) is 19.0. The lowest BCUT2D eigenvalue weighted by molar-refractivity contribution is 0.0529. The number of aromatic nitrogens is 1. The summed E-state index contributed by atoms with van der Waals surface area (Å²) in [4.78, 5) is 13.0. The highest BCUT2D eigenvalue weighted by Gasteiger charge is 2.42. The summed E-state index contributed by atoms with van der Waals surface area (Å²) in [5, 5.41) is 11.5. The van der Waals surface area contributed by atoms with Crippen molar-refractivity contribution in [3.05, 3.63) is 66.0 Å². The van der Waals surface area contributed by atoms with E-state index in [0.29, 0.717) is 16.6 Å². The van der Waals surface area contributed by atoms with Crippen LogP contribution < -0.4 is 0 Å². The number of pyridine rings is 1. The number of benzene rings is 1. The van der Waals surface area contributed by atoms with Crippen LogP contribution in [-0.4, -0.2) is 34.3 Å². The normalized spacial score (nSPS) is 13.1.